The Balaban J connectivity index is 1.38. The number of nitrogens with zero attached hydrogens (tertiary/aromatic N) is 4. The van der Waals surface area contributed by atoms with E-state index in [0.29, 0.717) is 11.6 Å². The first kappa shape index (κ1) is 18.9. The summed E-state index contributed by atoms with van der Waals surface area (Å²) >= 11 is 0. The molecule has 8 nitrogen and oxygen atoms in total. The molecule has 156 valence electrons. The van der Waals surface area contributed by atoms with E-state index in [1.165, 1.54) is 16.5 Å². The van der Waals surface area contributed by atoms with Crippen LogP contribution in [0.15, 0.2) is 47.4 Å². The van der Waals surface area contributed by atoms with Crippen LogP contribution in [-0.2, 0) is 0 Å². The fourth-order valence-corrected chi connectivity index (χ4v) is 4.11. The third-order valence-corrected chi connectivity index (χ3v) is 5.76. The van der Waals surface area contributed by atoms with Crippen molar-refractivity contribution in [3.63, 3.8) is 0 Å². The molecule has 30 heavy (non-hydrogen) atoms. The van der Waals surface area contributed by atoms with Gasteiger partial charge in [0.15, 0.2) is 5.65 Å². The summed E-state index contributed by atoms with van der Waals surface area (Å²) in [6.45, 7) is 4.04. The molecule has 2 aromatic heterocycles. The van der Waals surface area contributed by atoms with E-state index in [2.05, 4.69) is 37.6 Å². The van der Waals surface area contributed by atoms with Crippen LogP contribution in [0.4, 0.5) is 17.3 Å². The molecular formula is C22H26N6O2. The van der Waals surface area contributed by atoms with Crippen LogP contribution in [0.2, 0.25) is 0 Å². The summed E-state index contributed by atoms with van der Waals surface area (Å²) in [6, 6.07) is 11.5. The molecular weight excluding hydrogens is 380 g/mol. The minimum Gasteiger partial charge on any atom is -0.405 e. The molecule has 1 aromatic carbocycles. The number of anilines is 3. The highest BCUT2D eigenvalue weighted by atomic mass is 16.7. The summed E-state index contributed by atoms with van der Waals surface area (Å²) < 4.78 is 1.33. The number of rotatable bonds is 5. The van der Waals surface area contributed by atoms with Gasteiger partial charge in [0.25, 0.3) is 5.56 Å². The van der Waals surface area contributed by atoms with Crippen LogP contribution < -0.4 is 25.9 Å². The van der Waals surface area contributed by atoms with E-state index in [1.54, 1.807) is 12.3 Å². The van der Waals surface area contributed by atoms with E-state index in [0.717, 1.165) is 62.9 Å². The van der Waals surface area contributed by atoms with Gasteiger partial charge in [0.2, 0.25) is 5.95 Å². The third-order valence-electron chi connectivity index (χ3n) is 5.76. The van der Waals surface area contributed by atoms with Crippen molar-refractivity contribution in [2.24, 2.45) is 0 Å². The van der Waals surface area contributed by atoms with Gasteiger partial charge in [-0.2, -0.15) is 4.98 Å². The van der Waals surface area contributed by atoms with Gasteiger partial charge < -0.3 is 20.4 Å². The van der Waals surface area contributed by atoms with Crippen molar-refractivity contribution < 1.29 is 4.84 Å². The predicted octanol–water partition coefficient (Wildman–Crippen LogP) is 2.32. The Bertz CT molecular complexity index is 1070. The molecule has 0 atom stereocenters. The first-order valence-corrected chi connectivity index (χ1v) is 10.6. The number of aromatic nitrogens is 3. The molecule has 0 amide bonds. The van der Waals surface area contributed by atoms with Crippen molar-refractivity contribution in [1.29, 1.82) is 0 Å². The average molecular weight is 406 g/mol. The molecule has 2 N–H and O–H groups in total. The zero-order valence-corrected chi connectivity index (χ0v) is 16.9. The summed E-state index contributed by atoms with van der Waals surface area (Å²) in [4.78, 5) is 29.8. The second-order valence-electron chi connectivity index (χ2n) is 7.86. The zero-order chi connectivity index (χ0) is 20.3. The highest BCUT2D eigenvalue weighted by Gasteiger charge is 2.19. The van der Waals surface area contributed by atoms with Crippen molar-refractivity contribution in [1.82, 2.24) is 20.0 Å². The number of fused-ring (bicyclic) bond motifs is 1. The van der Waals surface area contributed by atoms with Crippen LogP contribution in [0.25, 0.3) is 11.0 Å². The molecule has 3 heterocycles. The molecule has 0 spiro atoms. The van der Waals surface area contributed by atoms with Gasteiger partial charge in [0.1, 0.15) is 6.10 Å². The van der Waals surface area contributed by atoms with Crippen molar-refractivity contribution in [2.45, 2.75) is 31.8 Å². The molecule has 0 unspecified atom stereocenters. The number of benzene rings is 1. The molecule has 2 fully saturated rings. The van der Waals surface area contributed by atoms with Crippen molar-refractivity contribution in [3.05, 3.63) is 52.9 Å². The Hall–Kier alpha value is -3.13. The standard InChI is InChI=1S/C22H26N6O2/c29-20-10-5-16-15-24-22(26-21(16)28(20)30-19-3-1-2-4-19)25-17-6-8-18(9-7-17)27-13-11-23-12-14-27/h5-10,15,19,23H,1-4,11-14H2,(H,24,25,26). The second kappa shape index (κ2) is 8.31. The Labute approximate surface area is 174 Å². The van der Waals surface area contributed by atoms with Gasteiger partial charge in [-0.05, 0) is 56.0 Å². The molecule has 5 rings (SSSR count). The molecule has 1 saturated heterocycles. The summed E-state index contributed by atoms with van der Waals surface area (Å²) in [6.07, 6.45) is 5.99. The lowest BCUT2D eigenvalue weighted by Gasteiger charge is -2.29. The van der Waals surface area contributed by atoms with E-state index in [-0.39, 0.29) is 11.7 Å². The topological polar surface area (TPSA) is 84.3 Å². The molecule has 1 aliphatic heterocycles. The van der Waals surface area contributed by atoms with E-state index < -0.39 is 0 Å². The van der Waals surface area contributed by atoms with E-state index in [9.17, 15) is 4.79 Å². The Morgan fingerprint density at radius 1 is 1.03 bits per heavy atom. The quantitative estimate of drug-likeness (QED) is 0.673. The molecule has 3 aromatic rings. The van der Waals surface area contributed by atoms with Gasteiger partial charge in [0, 0.05) is 55.2 Å². The monoisotopic (exact) mass is 406 g/mol. The predicted molar refractivity (Wildman–Crippen MR) is 117 cm³/mol. The maximum Gasteiger partial charge on any atom is 0.285 e. The minimum atomic E-state index is -0.209. The van der Waals surface area contributed by atoms with Gasteiger partial charge in [-0.3, -0.25) is 4.79 Å². The Morgan fingerprint density at radius 2 is 1.80 bits per heavy atom. The lowest BCUT2D eigenvalue weighted by molar-refractivity contribution is 0.0422. The highest BCUT2D eigenvalue weighted by Crippen LogP contribution is 2.22. The van der Waals surface area contributed by atoms with Crippen LogP contribution in [0.1, 0.15) is 25.7 Å². The van der Waals surface area contributed by atoms with Crippen molar-refractivity contribution in [2.75, 3.05) is 36.4 Å². The molecule has 1 saturated carbocycles. The van der Waals surface area contributed by atoms with Gasteiger partial charge in [-0.25, -0.2) is 4.98 Å². The average Bonchev–Trinajstić information content (AvgIpc) is 3.30. The van der Waals surface area contributed by atoms with Crippen LogP contribution in [0, 0.1) is 0 Å². The maximum atomic E-state index is 12.4. The number of hydrogen-bond donors (Lipinski definition) is 2. The normalized spacial score (nSPS) is 17.4. The maximum absolute atomic E-state index is 12.4. The second-order valence-corrected chi connectivity index (χ2v) is 7.86. The number of hydrogen-bond acceptors (Lipinski definition) is 7. The third kappa shape index (κ3) is 3.95. The summed E-state index contributed by atoms with van der Waals surface area (Å²) in [5, 5.41) is 7.38. The minimum absolute atomic E-state index is 0.0669. The summed E-state index contributed by atoms with van der Waals surface area (Å²) in [7, 11) is 0. The fraction of sp³-hybridized carbons (Fsp3) is 0.409. The molecule has 0 radical (unpaired) electrons. The summed E-state index contributed by atoms with van der Waals surface area (Å²) in [5.74, 6) is 0.437. The number of pyridine rings is 1. The number of piperazine rings is 1. The molecule has 8 heteroatoms. The van der Waals surface area contributed by atoms with Crippen LogP contribution in [0.3, 0.4) is 0 Å². The zero-order valence-electron chi connectivity index (χ0n) is 16.9. The molecule has 1 aliphatic carbocycles. The number of nitrogens with one attached hydrogen (secondary N) is 2. The first-order chi connectivity index (χ1) is 14.8. The van der Waals surface area contributed by atoms with Crippen LogP contribution in [0.5, 0.6) is 0 Å². The summed E-state index contributed by atoms with van der Waals surface area (Å²) in [5.41, 5.74) is 2.39. The van der Waals surface area contributed by atoms with Crippen LogP contribution >= 0.6 is 0 Å². The van der Waals surface area contributed by atoms with Crippen molar-refractivity contribution >= 4 is 28.4 Å². The first-order valence-electron chi connectivity index (χ1n) is 10.6. The van der Waals surface area contributed by atoms with E-state index in [1.807, 2.05) is 12.1 Å². The fourth-order valence-electron chi connectivity index (χ4n) is 4.11. The highest BCUT2D eigenvalue weighted by molar-refractivity contribution is 5.75. The Morgan fingerprint density at radius 3 is 2.57 bits per heavy atom. The van der Waals surface area contributed by atoms with Gasteiger partial charge in [0.05, 0.1) is 0 Å². The van der Waals surface area contributed by atoms with Crippen molar-refractivity contribution in [3.8, 4) is 0 Å². The SMILES string of the molecule is O=c1ccc2cnc(Nc3ccc(N4CCNCC4)cc3)nc2n1OC1CCCC1. The lowest BCUT2D eigenvalue weighted by Crippen LogP contribution is -2.43. The van der Waals surface area contributed by atoms with E-state index >= 15 is 0 Å². The van der Waals surface area contributed by atoms with Gasteiger partial charge in [-0.15, -0.1) is 4.73 Å². The molecule has 0 bridgehead atoms. The lowest BCUT2D eigenvalue weighted by atomic mass is 10.2. The van der Waals surface area contributed by atoms with Crippen LogP contribution in [-0.4, -0.2) is 47.0 Å². The van der Waals surface area contributed by atoms with Gasteiger partial charge in [-0.1, -0.05) is 0 Å². The molecule has 2 aliphatic rings. The van der Waals surface area contributed by atoms with E-state index in [4.69, 9.17) is 4.84 Å². The smallest absolute Gasteiger partial charge is 0.285 e. The largest absolute Gasteiger partial charge is 0.405 e. The van der Waals surface area contributed by atoms with Gasteiger partial charge >= 0.3 is 0 Å². The Kier molecular flexibility index (Phi) is 5.23.